The van der Waals surface area contributed by atoms with Crippen molar-refractivity contribution in [3.8, 4) is 0 Å². The van der Waals surface area contributed by atoms with Crippen LogP contribution in [0, 0.1) is 24.7 Å². The first-order chi connectivity index (χ1) is 8.63. The summed E-state index contributed by atoms with van der Waals surface area (Å²) in [5, 5.41) is 3.08. The monoisotopic (exact) mass is 307 g/mol. The lowest BCUT2D eigenvalue weighted by molar-refractivity contribution is -0.121. The van der Waals surface area contributed by atoms with Crippen molar-refractivity contribution in [2.75, 3.05) is 5.32 Å². The zero-order valence-electron chi connectivity index (χ0n) is 10.6. The summed E-state index contributed by atoms with van der Waals surface area (Å²) in [6, 6.07) is 6.04. The van der Waals surface area contributed by atoms with Crippen LogP contribution < -0.4 is 5.32 Å². The molecule has 96 valence electrons. The Balaban J connectivity index is 1.71. The molecule has 3 heteroatoms. The summed E-state index contributed by atoms with van der Waals surface area (Å²) in [6.45, 7) is 2.05. The van der Waals surface area contributed by atoms with Gasteiger partial charge in [0.2, 0.25) is 5.91 Å². The van der Waals surface area contributed by atoms with Gasteiger partial charge in [-0.3, -0.25) is 4.79 Å². The molecule has 2 fully saturated rings. The Hall–Kier alpha value is -0.830. The molecular formula is C15H18BrNO. The van der Waals surface area contributed by atoms with Crippen molar-refractivity contribution in [3.05, 3.63) is 28.2 Å². The molecule has 3 atom stereocenters. The molecular weight excluding hydrogens is 290 g/mol. The first kappa shape index (κ1) is 12.2. The minimum atomic E-state index is 0.215. The topological polar surface area (TPSA) is 29.1 Å². The van der Waals surface area contributed by atoms with Gasteiger partial charge in [-0.05, 0) is 71.6 Å². The Morgan fingerprint density at radius 3 is 2.78 bits per heavy atom. The van der Waals surface area contributed by atoms with E-state index in [0.29, 0.717) is 5.92 Å². The standard InChI is InChI=1S/C15H18BrNO/c1-9-2-5-14(13(16)6-9)17-15(18)12-8-10-3-4-11(12)7-10/h2,5-6,10-12H,3-4,7-8H2,1H3,(H,17,18)/t10-,11+,12+/m0/s1. The van der Waals surface area contributed by atoms with Gasteiger partial charge in [0.15, 0.2) is 0 Å². The fourth-order valence-corrected chi connectivity index (χ4v) is 4.11. The van der Waals surface area contributed by atoms with Gasteiger partial charge in [-0.15, -0.1) is 0 Å². The summed E-state index contributed by atoms with van der Waals surface area (Å²) >= 11 is 3.51. The number of carbonyl (C=O) groups excluding carboxylic acids is 1. The van der Waals surface area contributed by atoms with Crippen molar-refractivity contribution in [3.63, 3.8) is 0 Å². The summed E-state index contributed by atoms with van der Waals surface area (Å²) in [6.07, 6.45) is 4.95. The third-order valence-corrected chi connectivity index (χ3v) is 5.11. The lowest BCUT2D eigenvalue weighted by Gasteiger charge is -2.21. The van der Waals surface area contributed by atoms with Crippen molar-refractivity contribution in [2.45, 2.75) is 32.6 Å². The second-order valence-electron chi connectivity index (χ2n) is 5.75. The van der Waals surface area contributed by atoms with Crippen LogP contribution in [0.25, 0.3) is 0 Å². The van der Waals surface area contributed by atoms with E-state index in [-0.39, 0.29) is 11.8 Å². The van der Waals surface area contributed by atoms with Gasteiger partial charge < -0.3 is 5.32 Å². The van der Waals surface area contributed by atoms with Crippen LogP contribution in [-0.4, -0.2) is 5.91 Å². The van der Waals surface area contributed by atoms with Crippen LogP contribution in [0.5, 0.6) is 0 Å². The fourth-order valence-electron chi connectivity index (χ4n) is 3.51. The zero-order chi connectivity index (χ0) is 12.7. The minimum Gasteiger partial charge on any atom is -0.325 e. The van der Waals surface area contributed by atoms with Crippen molar-refractivity contribution >= 4 is 27.5 Å². The number of anilines is 1. The van der Waals surface area contributed by atoms with E-state index in [1.54, 1.807) is 0 Å². The molecule has 0 saturated heterocycles. The van der Waals surface area contributed by atoms with Gasteiger partial charge in [0.1, 0.15) is 0 Å². The van der Waals surface area contributed by atoms with E-state index < -0.39 is 0 Å². The number of hydrogen-bond donors (Lipinski definition) is 1. The summed E-state index contributed by atoms with van der Waals surface area (Å²) in [5.41, 5.74) is 2.09. The maximum atomic E-state index is 12.3. The maximum absolute atomic E-state index is 12.3. The Bertz CT molecular complexity index is 485. The molecule has 0 unspecified atom stereocenters. The molecule has 2 bridgehead atoms. The molecule has 1 aromatic carbocycles. The Morgan fingerprint density at radius 2 is 2.17 bits per heavy atom. The largest absolute Gasteiger partial charge is 0.325 e. The number of halogens is 1. The number of rotatable bonds is 2. The number of carbonyl (C=O) groups is 1. The zero-order valence-corrected chi connectivity index (χ0v) is 12.2. The SMILES string of the molecule is Cc1ccc(NC(=O)[C@@H]2C[C@H]3CC[C@@H]2C3)c(Br)c1. The van der Waals surface area contributed by atoms with E-state index >= 15 is 0 Å². The van der Waals surface area contributed by atoms with Gasteiger partial charge in [-0.2, -0.15) is 0 Å². The van der Waals surface area contributed by atoms with E-state index in [1.165, 1.54) is 24.8 Å². The molecule has 0 aromatic heterocycles. The van der Waals surface area contributed by atoms with E-state index in [4.69, 9.17) is 0 Å². The predicted octanol–water partition coefficient (Wildman–Crippen LogP) is 4.13. The van der Waals surface area contributed by atoms with Gasteiger partial charge in [0.05, 0.1) is 5.69 Å². The summed E-state index contributed by atoms with van der Waals surface area (Å²) in [4.78, 5) is 12.3. The first-order valence-corrected chi connectivity index (χ1v) is 7.50. The molecule has 3 rings (SSSR count). The lowest BCUT2D eigenvalue weighted by Crippen LogP contribution is -2.27. The van der Waals surface area contributed by atoms with E-state index in [0.717, 1.165) is 22.5 Å². The highest BCUT2D eigenvalue weighted by atomic mass is 79.9. The molecule has 2 aliphatic rings. The molecule has 1 aromatic rings. The van der Waals surface area contributed by atoms with Crippen molar-refractivity contribution in [1.29, 1.82) is 0 Å². The highest BCUT2D eigenvalue weighted by molar-refractivity contribution is 9.10. The highest BCUT2D eigenvalue weighted by Crippen LogP contribution is 2.48. The van der Waals surface area contributed by atoms with Crippen LogP contribution in [0.1, 0.15) is 31.2 Å². The molecule has 1 N–H and O–H groups in total. The lowest BCUT2D eigenvalue weighted by atomic mass is 9.88. The molecule has 2 nitrogen and oxygen atoms in total. The van der Waals surface area contributed by atoms with Gasteiger partial charge in [-0.25, -0.2) is 0 Å². The van der Waals surface area contributed by atoms with Gasteiger partial charge >= 0.3 is 0 Å². The molecule has 18 heavy (non-hydrogen) atoms. The normalized spacial score (nSPS) is 29.6. The van der Waals surface area contributed by atoms with Gasteiger partial charge in [0.25, 0.3) is 0 Å². The smallest absolute Gasteiger partial charge is 0.227 e. The predicted molar refractivity (Wildman–Crippen MR) is 76.4 cm³/mol. The number of aryl methyl sites for hydroxylation is 1. The number of amides is 1. The number of nitrogens with one attached hydrogen (secondary N) is 1. The average molecular weight is 308 g/mol. The second kappa shape index (κ2) is 4.69. The third-order valence-electron chi connectivity index (χ3n) is 4.46. The fraction of sp³-hybridized carbons (Fsp3) is 0.533. The molecule has 1 amide bonds. The van der Waals surface area contributed by atoms with Crippen LogP contribution >= 0.6 is 15.9 Å². The van der Waals surface area contributed by atoms with Crippen LogP contribution in [0.4, 0.5) is 5.69 Å². The number of fused-ring (bicyclic) bond motifs is 2. The van der Waals surface area contributed by atoms with Crippen LogP contribution in [0.15, 0.2) is 22.7 Å². The van der Waals surface area contributed by atoms with E-state index in [9.17, 15) is 4.79 Å². The molecule has 0 heterocycles. The van der Waals surface area contributed by atoms with E-state index in [2.05, 4.69) is 21.2 Å². The molecule has 0 radical (unpaired) electrons. The van der Waals surface area contributed by atoms with Crippen molar-refractivity contribution in [1.82, 2.24) is 0 Å². The van der Waals surface area contributed by atoms with Crippen molar-refractivity contribution in [2.24, 2.45) is 17.8 Å². The molecule has 2 aliphatic carbocycles. The molecule has 0 aliphatic heterocycles. The average Bonchev–Trinajstić information content (AvgIpc) is 2.94. The summed E-state index contributed by atoms with van der Waals surface area (Å²) < 4.78 is 0.971. The summed E-state index contributed by atoms with van der Waals surface area (Å²) in [5.74, 6) is 1.91. The Morgan fingerprint density at radius 1 is 1.33 bits per heavy atom. The van der Waals surface area contributed by atoms with Gasteiger partial charge in [-0.1, -0.05) is 12.5 Å². The Labute approximate surface area is 116 Å². The highest BCUT2D eigenvalue weighted by Gasteiger charge is 2.43. The number of benzene rings is 1. The second-order valence-corrected chi connectivity index (χ2v) is 6.61. The van der Waals surface area contributed by atoms with Gasteiger partial charge in [0, 0.05) is 10.4 Å². The first-order valence-electron chi connectivity index (χ1n) is 6.70. The number of hydrogen-bond acceptors (Lipinski definition) is 1. The van der Waals surface area contributed by atoms with E-state index in [1.807, 2.05) is 25.1 Å². The Kier molecular flexibility index (Phi) is 3.18. The third kappa shape index (κ3) is 2.20. The van der Waals surface area contributed by atoms with Crippen LogP contribution in [0.3, 0.4) is 0 Å². The molecule has 0 spiro atoms. The maximum Gasteiger partial charge on any atom is 0.227 e. The van der Waals surface area contributed by atoms with Crippen LogP contribution in [-0.2, 0) is 4.79 Å². The summed E-state index contributed by atoms with van der Waals surface area (Å²) in [7, 11) is 0. The minimum absolute atomic E-state index is 0.215. The quantitative estimate of drug-likeness (QED) is 0.874. The molecule has 2 saturated carbocycles. The van der Waals surface area contributed by atoms with Crippen LogP contribution in [0.2, 0.25) is 0 Å². The van der Waals surface area contributed by atoms with Crippen molar-refractivity contribution < 1.29 is 4.79 Å².